The number of hydrogen-bond donors (Lipinski definition) is 1. The number of carbonyl (C=O) groups is 2. The van der Waals surface area contributed by atoms with Crippen molar-refractivity contribution in [2.75, 3.05) is 50.4 Å². The van der Waals surface area contributed by atoms with E-state index in [-0.39, 0.29) is 24.2 Å². The number of rotatable bonds is 4. The van der Waals surface area contributed by atoms with Crippen LogP contribution in [0.15, 0.2) is 0 Å². The van der Waals surface area contributed by atoms with E-state index < -0.39 is 0 Å². The van der Waals surface area contributed by atoms with Gasteiger partial charge in [-0.1, -0.05) is 11.3 Å². The van der Waals surface area contributed by atoms with Crippen molar-refractivity contribution in [3.8, 4) is 0 Å². The van der Waals surface area contributed by atoms with Gasteiger partial charge in [0.05, 0.1) is 0 Å². The fraction of sp³-hybridized carbons (Fsp3) is 0.615. The number of nitrogen functional groups attached to an aromatic ring is 1. The molecule has 2 heterocycles. The third-order valence-electron chi connectivity index (χ3n) is 3.61. The number of amides is 2. The predicted octanol–water partition coefficient (Wildman–Crippen LogP) is 0.486. The summed E-state index contributed by atoms with van der Waals surface area (Å²) in [7, 11) is 1.74. The largest absolute Gasteiger partial charge is 0.382 e. The minimum Gasteiger partial charge on any atom is -0.382 e. The fourth-order valence-corrected chi connectivity index (χ4v) is 3.26. The van der Waals surface area contributed by atoms with Crippen molar-refractivity contribution in [1.29, 1.82) is 0 Å². The van der Waals surface area contributed by atoms with E-state index in [9.17, 15) is 9.59 Å². The van der Waals surface area contributed by atoms with Gasteiger partial charge in [0.15, 0.2) is 5.13 Å². The zero-order chi connectivity index (χ0) is 15.6. The zero-order valence-corrected chi connectivity index (χ0v) is 13.4. The molecule has 21 heavy (non-hydrogen) atoms. The number of piperazine rings is 1. The lowest BCUT2D eigenvalue weighted by atomic mass is 10.3. The molecule has 0 spiro atoms. The smallest absolute Gasteiger partial charge is 0.268 e. The molecule has 0 aromatic carbocycles. The summed E-state index contributed by atoms with van der Waals surface area (Å²) in [6.45, 7) is 6.86. The van der Waals surface area contributed by atoms with Gasteiger partial charge in [0.25, 0.3) is 5.91 Å². The second kappa shape index (κ2) is 6.30. The van der Waals surface area contributed by atoms with Gasteiger partial charge in [0.2, 0.25) is 5.91 Å². The summed E-state index contributed by atoms with van der Waals surface area (Å²) in [5.41, 5.74) is 5.89. The molecule has 0 atom stereocenters. The number of likely N-dealkylation sites (N-methyl/N-ethyl adjacent to an activating group) is 1. The van der Waals surface area contributed by atoms with E-state index in [2.05, 4.69) is 4.98 Å². The Labute approximate surface area is 128 Å². The molecule has 2 N–H and O–H groups in total. The third kappa shape index (κ3) is 3.10. The first-order chi connectivity index (χ1) is 9.97. The molecule has 0 unspecified atom stereocenters. The van der Waals surface area contributed by atoms with Crippen LogP contribution in [0, 0.1) is 0 Å². The number of nitrogens with zero attached hydrogens (tertiary/aromatic N) is 4. The van der Waals surface area contributed by atoms with Crippen molar-refractivity contribution < 1.29 is 9.59 Å². The summed E-state index contributed by atoms with van der Waals surface area (Å²) >= 11 is 1.29. The molecule has 0 saturated carbocycles. The number of aromatic nitrogens is 1. The Kier molecular flexibility index (Phi) is 4.66. The monoisotopic (exact) mass is 311 g/mol. The average Bonchev–Trinajstić information content (AvgIpc) is 2.84. The number of anilines is 2. The van der Waals surface area contributed by atoms with Crippen molar-refractivity contribution in [3.05, 3.63) is 4.88 Å². The Hall–Kier alpha value is -1.83. The summed E-state index contributed by atoms with van der Waals surface area (Å²) in [4.78, 5) is 34.1. The summed E-state index contributed by atoms with van der Waals surface area (Å²) < 4.78 is 0. The normalized spacial score (nSPS) is 15.5. The highest BCUT2D eigenvalue weighted by Crippen LogP contribution is 2.29. The molecule has 1 aliphatic heterocycles. The number of thiazole rings is 1. The van der Waals surface area contributed by atoms with E-state index in [1.807, 2.05) is 18.7 Å². The highest BCUT2D eigenvalue weighted by Gasteiger charge is 2.29. The maximum Gasteiger partial charge on any atom is 0.268 e. The van der Waals surface area contributed by atoms with Gasteiger partial charge in [0, 0.05) is 33.2 Å². The van der Waals surface area contributed by atoms with Crippen LogP contribution < -0.4 is 10.6 Å². The Bertz CT molecular complexity index is 541. The third-order valence-corrected chi connectivity index (χ3v) is 4.73. The van der Waals surface area contributed by atoms with Gasteiger partial charge < -0.3 is 20.4 Å². The van der Waals surface area contributed by atoms with Gasteiger partial charge in [-0.3, -0.25) is 9.59 Å². The molecular formula is C13H21N5O2S. The minimum absolute atomic E-state index is 0.0540. The molecule has 1 aliphatic rings. The molecule has 2 amide bonds. The number of carbonyl (C=O) groups excluding carboxylic acids is 2. The lowest BCUT2D eigenvalue weighted by Gasteiger charge is -2.31. The first kappa shape index (κ1) is 15.6. The van der Waals surface area contributed by atoms with Crippen LogP contribution >= 0.6 is 11.3 Å². The molecule has 8 heteroatoms. The minimum atomic E-state index is -0.204. The molecule has 2 rings (SSSR count). The van der Waals surface area contributed by atoms with Gasteiger partial charge in [-0.15, -0.1) is 0 Å². The molecule has 1 aromatic rings. The van der Waals surface area contributed by atoms with Gasteiger partial charge >= 0.3 is 0 Å². The topological polar surface area (TPSA) is 82.8 Å². The first-order valence-electron chi connectivity index (χ1n) is 7.02. The van der Waals surface area contributed by atoms with Gasteiger partial charge in [-0.25, -0.2) is 4.98 Å². The van der Waals surface area contributed by atoms with Crippen LogP contribution in [-0.4, -0.2) is 66.4 Å². The van der Waals surface area contributed by atoms with Crippen molar-refractivity contribution in [2.24, 2.45) is 0 Å². The standard InChI is InChI=1S/C13H21N5O2S/c1-4-17(5-2)13-15-11(14)10(21-13)12(20)18-7-6-16(3)9(19)8-18/h4-8,14H2,1-3H3. The lowest BCUT2D eigenvalue weighted by Crippen LogP contribution is -2.50. The Morgan fingerprint density at radius 1 is 1.38 bits per heavy atom. The molecule has 0 aliphatic carbocycles. The van der Waals surface area contributed by atoms with Crippen LogP contribution in [0.3, 0.4) is 0 Å². The maximum absolute atomic E-state index is 12.5. The highest BCUT2D eigenvalue weighted by atomic mass is 32.1. The van der Waals surface area contributed by atoms with E-state index >= 15 is 0 Å². The van der Waals surface area contributed by atoms with E-state index in [1.165, 1.54) is 16.2 Å². The molecule has 1 fully saturated rings. The van der Waals surface area contributed by atoms with Crippen LogP contribution in [0.4, 0.5) is 10.9 Å². The lowest BCUT2D eigenvalue weighted by molar-refractivity contribution is -0.133. The molecular weight excluding hydrogens is 290 g/mol. The number of nitrogens with two attached hydrogens (primary N) is 1. The SMILES string of the molecule is CCN(CC)c1nc(N)c(C(=O)N2CCN(C)C(=O)C2)s1. The van der Waals surface area contributed by atoms with Gasteiger partial charge in [0.1, 0.15) is 17.2 Å². The predicted molar refractivity (Wildman–Crippen MR) is 83.6 cm³/mol. The van der Waals surface area contributed by atoms with Crippen molar-refractivity contribution in [3.63, 3.8) is 0 Å². The van der Waals surface area contributed by atoms with Crippen LogP contribution in [0.1, 0.15) is 23.5 Å². The second-order valence-corrected chi connectivity index (χ2v) is 5.90. The Morgan fingerprint density at radius 3 is 2.62 bits per heavy atom. The molecule has 1 aromatic heterocycles. The van der Waals surface area contributed by atoms with Gasteiger partial charge in [-0.2, -0.15) is 0 Å². The quantitative estimate of drug-likeness (QED) is 0.875. The summed E-state index contributed by atoms with van der Waals surface area (Å²) in [5.74, 6) is -0.00946. The zero-order valence-electron chi connectivity index (χ0n) is 12.6. The molecule has 0 radical (unpaired) electrons. The van der Waals surface area contributed by atoms with Crippen LogP contribution in [0.5, 0.6) is 0 Å². The Morgan fingerprint density at radius 2 is 2.05 bits per heavy atom. The number of hydrogen-bond acceptors (Lipinski definition) is 6. The van der Waals surface area contributed by atoms with Crippen molar-refractivity contribution >= 4 is 34.1 Å². The maximum atomic E-state index is 12.5. The molecule has 116 valence electrons. The van der Waals surface area contributed by atoms with Gasteiger partial charge in [-0.05, 0) is 13.8 Å². The molecule has 0 bridgehead atoms. The van der Waals surface area contributed by atoms with Crippen LogP contribution in [0.2, 0.25) is 0 Å². The first-order valence-corrected chi connectivity index (χ1v) is 7.84. The molecule has 7 nitrogen and oxygen atoms in total. The van der Waals surface area contributed by atoms with E-state index in [0.29, 0.717) is 18.0 Å². The van der Waals surface area contributed by atoms with E-state index in [4.69, 9.17) is 5.73 Å². The summed E-state index contributed by atoms with van der Waals surface area (Å²) in [6, 6.07) is 0. The highest BCUT2D eigenvalue weighted by molar-refractivity contribution is 7.18. The van der Waals surface area contributed by atoms with E-state index in [0.717, 1.165) is 18.2 Å². The van der Waals surface area contributed by atoms with Crippen molar-refractivity contribution in [1.82, 2.24) is 14.8 Å². The van der Waals surface area contributed by atoms with Crippen LogP contribution in [-0.2, 0) is 4.79 Å². The average molecular weight is 311 g/mol. The second-order valence-electron chi connectivity index (χ2n) is 4.93. The van der Waals surface area contributed by atoms with E-state index in [1.54, 1.807) is 11.9 Å². The fourth-order valence-electron chi connectivity index (χ4n) is 2.18. The Balaban J connectivity index is 2.18. The van der Waals surface area contributed by atoms with Crippen molar-refractivity contribution in [2.45, 2.75) is 13.8 Å². The molecule has 1 saturated heterocycles. The summed E-state index contributed by atoms with van der Waals surface area (Å²) in [6.07, 6.45) is 0. The van der Waals surface area contributed by atoms with Crippen LogP contribution in [0.25, 0.3) is 0 Å². The summed E-state index contributed by atoms with van der Waals surface area (Å²) in [5, 5.41) is 0.751.